The topological polar surface area (TPSA) is 59.0 Å². The molecule has 7 heteroatoms. The highest BCUT2D eigenvalue weighted by molar-refractivity contribution is 6.42. The third-order valence-corrected chi connectivity index (χ3v) is 4.29. The highest BCUT2D eigenvalue weighted by Gasteiger charge is 2.36. The highest BCUT2D eigenvalue weighted by atomic mass is 35.5. The van der Waals surface area contributed by atoms with Gasteiger partial charge in [-0.05, 0) is 26.8 Å². The smallest absolute Gasteiger partial charge is 0.410 e. The van der Waals surface area contributed by atoms with Crippen LogP contribution < -0.4 is 0 Å². The minimum atomic E-state index is -1.02. The molecular formula is C16H21Cl2NO4. The van der Waals surface area contributed by atoms with Crippen molar-refractivity contribution in [1.82, 2.24) is 4.90 Å². The number of morpholine rings is 1. The Morgan fingerprint density at radius 2 is 2.13 bits per heavy atom. The largest absolute Gasteiger partial charge is 0.444 e. The first-order chi connectivity index (χ1) is 10.7. The molecule has 1 N–H and O–H groups in total. The zero-order valence-electron chi connectivity index (χ0n) is 13.4. The lowest BCUT2D eigenvalue weighted by atomic mass is 10.0. The first-order valence-electron chi connectivity index (χ1n) is 7.40. The van der Waals surface area contributed by atoms with Crippen molar-refractivity contribution in [2.75, 3.05) is 19.8 Å². The van der Waals surface area contributed by atoms with Crippen LogP contribution in [-0.4, -0.2) is 47.5 Å². The second-order valence-corrected chi connectivity index (χ2v) is 7.19. The van der Waals surface area contributed by atoms with Gasteiger partial charge in [0.05, 0.1) is 29.3 Å². The van der Waals surface area contributed by atoms with E-state index in [2.05, 4.69) is 0 Å². The number of ether oxygens (including phenoxy) is 2. The van der Waals surface area contributed by atoms with Crippen LogP contribution in [0.2, 0.25) is 10.0 Å². The Balaban J connectivity index is 2.23. The van der Waals surface area contributed by atoms with Gasteiger partial charge in [0.1, 0.15) is 11.7 Å². The van der Waals surface area contributed by atoms with Gasteiger partial charge in [0.25, 0.3) is 0 Å². The maximum Gasteiger partial charge on any atom is 0.410 e. The quantitative estimate of drug-likeness (QED) is 0.872. The van der Waals surface area contributed by atoms with Crippen LogP contribution >= 0.6 is 23.2 Å². The Morgan fingerprint density at radius 3 is 2.78 bits per heavy atom. The number of rotatable bonds is 2. The zero-order valence-corrected chi connectivity index (χ0v) is 14.9. The Labute approximate surface area is 146 Å². The van der Waals surface area contributed by atoms with E-state index in [-0.39, 0.29) is 11.6 Å². The molecule has 1 heterocycles. The van der Waals surface area contributed by atoms with Gasteiger partial charge in [-0.15, -0.1) is 0 Å². The molecule has 1 aliphatic rings. The van der Waals surface area contributed by atoms with Crippen LogP contribution in [0.3, 0.4) is 0 Å². The van der Waals surface area contributed by atoms with Gasteiger partial charge >= 0.3 is 6.09 Å². The van der Waals surface area contributed by atoms with E-state index in [1.165, 1.54) is 4.90 Å². The maximum absolute atomic E-state index is 12.4. The molecule has 0 aromatic heterocycles. The molecule has 0 saturated carbocycles. The van der Waals surface area contributed by atoms with Crippen molar-refractivity contribution in [3.63, 3.8) is 0 Å². The molecule has 2 rings (SSSR count). The molecule has 0 radical (unpaired) electrons. The molecule has 5 nitrogen and oxygen atoms in total. The monoisotopic (exact) mass is 361 g/mol. The van der Waals surface area contributed by atoms with E-state index in [1.54, 1.807) is 39.0 Å². The summed E-state index contributed by atoms with van der Waals surface area (Å²) in [4.78, 5) is 13.9. The van der Waals surface area contributed by atoms with Gasteiger partial charge < -0.3 is 14.6 Å². The molecule has 0 aliphatic carbocycles. The van der Waals surface area contributed by atoms with Crippen molar-refractivity contribution in [3.05, 3.63) is 33.8 Å². The van der Waals surface area contributed by atoms with Crippen LogP contribution in [0.15, 0.2) is 18.2 Å². The van der Waals surface area contributed by atoms with Gasteiger partial charge in [-0.1, -0.05) is 35.3 Å². The van der Waals surface area contributed by atoms with E-state index >= 15 is 0 Å². The number of hydrogen-bond acceptors (Lipinski definition) is 4. The number of benzene rings is 1. The molecule has 128 valence electrons. The Kier molecular flexibility index (Phi) is 5.79. The maximum atomic E-state index is 12.4. The average Bonchev–Trinajstić information content (AvgIpc) is 2.47. The predicted molar refractivity (Wildman–Crippen MR) is 89.0 cm³/mol. The third-order valence-electron chi connectivity index (χ3n) is 3.46. The standard InChI is InChI=1S/C16H21Cl2NO4/c1-16(2,3)23-15(21)19-7-8-22-9-12(19)14(20)10-5-4-6-11(17)13(10)18/h4-6,12,14,20H,7-9H2,1-3H3. The molecular weight excluding hydrogens is 341 g/mol. The number of halogens is 2. The van der Waals surface area contributed by atoms with E-state index in [9.17, 15) is 9.90 Å². The molecule has 1 aliphatic heterocycles. The van der Waals surface area contributed by atoms with Crippen LogP contribution in [0.25, 0.3) is 0 Å². The number of nitrogens with zero attached hydrogens (tertiary/aromatic N) is 1. The van der Waals surface area contributed by atoms with Crippen LogP contribution in [0.1, 0.15) is 32.4 Å². The fourth-order valence-electron chi connectivity index (χ4n) is 2.39. The molecule has 2 unspecified atom stereocenters. The van der Waals surface area contributed by atoms with Gasteiger partial charge in [-0.2, -0.15) is 0 Å². The summed E-state index contributed by atoms with van der Waals surface area (Å²) in [6.45, 7) is 6.32. The Bertz CT molecular complexity index is 574. The van der Waals surface area contributed by atoms with E-state index < -0.39 is 23.8 Å². The second kappa shape index (κ2) is 7.26. The number of hydrogen-bond donors (Lipinski definition) is 1. The van der Waals surface area contributed by atoms with Crippen LogP contribution in [0.4, 0.5) is 4.79 Å². The SMILES string of the molecule is CC(C)(C)OC(=O)N1CCOCC1C(O)c1cccc(Cl)c1Cl. The number of aliphatic hydroxyl groups excluding tert-OH is 1. The van der Waals surface area contributed by atoms with Crippen molar-refractivity contribution in [2.24, 2.45) is 0 Å². The predicted octanol–water partition coefficient (Wildman–Crippen LogP) is 3.66. The molecule has 0 spiro atoms. The number of carbonyl (C=O) groups is 1. The number of aliphatic hydroxyl groups is 1. The molecule has 1 aromatic carbocycles. The lowest BCUT2D eigenvalue weighted by Gasteiger charge is -2.39. The number of carbonyl (C=O) groups excluding carboxylic acids is 1. The van der Waals surface area contributed by atoms with Crippen molar-refractivity contribution >= 4 is 29.3 Å². The van der Waals surface area contributed by atoms with Crippen molar-refractivity contribution in [2.45, 2.75) is 38.5 Å². The number of amides is 1. The normalized spacial score (nSPS) is 20.3. The minimum absolute atomic E-state index is 0.198. The van der Waals surface area contributed by atoms with Crippen molar-refractivity contribution in [1.29, 1.82) is 0 Å². The van der Waals surface area contributed by atoms with Gasteiger partial charge in [-0.3, -0.25) is 4.90 Å². The molecule has 1 aromatic rings. The summed E-state index contributed by atoms with van der Waals surface area (Å²) in [5, 5.41) is 11.3. The van der Waals surface area contributed by atoms with E-state index in [0.29, 0.717) is 23.7 Å². The second-order valence-electron chi connectivity index (χ2n) is 6.40. The molecule has 1 amide bonds. The summed E-state index contributed by atoms with van der Waals surface area (Å²) in [7, 11) is 0. The molecule has 2 atom stereocenters. The van der Waals surface area contributed by atoms with Crippen molar-refractivity contribution < 1.29 is 19.4 Å². The lowest BCUT2D eigenvalue weighted by molar-refractivity contribution is -0.0672. The summed E-state index contributed by atoms with van der Waals surface area (Å²) >= 11 is 12.2. The van der Waals surface area contributed by atoms with Crippen LogP contribution in [-0.2, 0) is 9.47 Å². The minimum Gasteiger partial charge on any atom is -0.444 e. The van der Waals surface area contributed by atoms with Gasteiger partial charge in [0, 0.05) is 12.1 Å². The Hall–Kier alpha value is -1.01. The average molecular weight is 362 g/mol. The molecule has 1 fully saturated rings. The summed E-state index contributed by atoms with van der Waals surface area (Å²) in [5.41, 5.74) is -0.151. The van der Waals surface area contributed by atoms with E-state index in [1.807, 2.05) is 0 Å². The molecule has 1 saturated heterocycles. The van der Waals surface area contributed by atoms with Crippen molar-refractivity contribution in [3.8, 4) is 0 Å². The first-order valence-corrected chi connectivity index (χ1v) is 8.15. The third kappa shape index (κ3) is 4.51. The Morgan fingerprint density at radius 1 is 1.43 bits per heavy atom. The van der Waals surface area contributed by atoms with E-state index in [4.69, 9.17) is 32.7 Å². The van der Waals surface area contributed by atoms with Gasteiger partial charge in [0.15, 0.2) is 0 Å². The van der Waals surface area contributed by atoms with Crippen LogP contribution in [0.5, 0.6) is 0 Å². The highest BCUT2D eigenvalue weighted by Crippen LogP contribution is 2.33. The van der Waals surface area contributed by atoms with Gasteiger partial charge in [0.2, 0.25) is 0 Å². The lowest BCUT2D eigenvalue weighted by Crippen LogP contribution is -2.52. The first kappa shape index (κ1) is 18.3. The summed E-state index contributed by atoms with van der Waals surface area (Å²) in [6, 6.07) is 4.44. The summed E-state index contributed by atoms with van der Waals surface area (Å²) in [6.07, 6.45) is -1.50. The molecule has 23 heavy (non-hydrogen) atoms. The fraction of sp³-hybridized carbons (Fsp3) is 0.562. The summed E-state index contributed by atoms with van der Waals surface area (Å²) < 4.78 is 10.8. The van der Waals surface area contributed by atoms with Crippen LogP contribution in [0, 0.1) is 0 Å². The summed E-state index contributed by atoms with van der Waals surface area (Å²) in [5.74, 6) is 0. The fourth-order valence-corrected chi connectivity index (χ4v) is 2.81. The van der Waals surface area contributed by atoms with Gasteiger partial charge in [-0.25, -0.2) is 4.79 Å². The van der Waals surface area contributed by atoms with E-state index in [0.717, 1.165) is 0 Å². The molecule has 0 bridgehead atoms. The zero-order chi connectivity index (χ0) is 17.2.